The highest BCUT2D eigenvalue weighted by atomic mass is 79.9. The van der Waals surface area contributed by atoms with Crippen LogP contribution >= 0.6 is 15.9 Å². The van der Waals surface area contributed by atoms with E-state index in [-0.39, 0.29) is 6.61 Å². The fraction of sp³-hybridized carbons (Fsp3) is 0.714. The maximum absolute atomic E-state index is 11.8. The summed E-state index contributed by atoms with van der Waals surface area (Å²) in [7, 11) is 1.67. The van der Waals surface area contributed by atoms with E-state index in [1.807, 2.05) is 0 Å². The molecule has 1 heterocycles. The average molecular weight is 288 g/mol. The molecule has 0 atom stereocenters. The third kappa shape index (κ3) is 3.78. The van der Waals surface area contributed by atoms with E-state index in [0.29, 0.717) is 17.0 Å². The van der Waals surface area contributed by atoms with Gasteiger partial charge in [-0.3, -0.25) is 0 Å². The first kappa shape index (κ1) is 12.4. The van der Waals surface area contributed by atoms with Crippen molar-refractivity contribution in [1.82, 2.24) is 14.8 Å². The molecule has 4 nitrogen and oxygen atoms in total. The molecule has 1 rings (SSSR count). The molecule has 0 saturated carbocycles. The standard InChI is InChI=1S/C7H9BrF3N3O/c1-14-5(2-8)12-13-6(14)3-15-4-7(9,10)11/h2-4H2,1H3. The van der Waals surface area contributed by atoms with E-state index in [1.54, 1.807) is 11.6 Å². The van der Waals surface area contributed by atoms with Gasteiger partial charge in [0, 0.05) is 7.05 Å². The van der Waals surface area contributed by atoms with Gasteiger partial charge < -0.3 is 9.30 Å². The second kappa shape index (κ2) is 4.93. The fourth-order valence-corrected chi connectivity index (χ4v) is 1.39. The number of alkyl halides is 4. The lowest BCUT2D eigenvalue weighted by Gasteiger charge is -2.07. The zero-order chi connectivity index (χ0) is 11.5. The quantitative estimate of drug-likeness (QED) is 0.793. The van der Waals surface area contributed by atoms with Crippen molar-refractivity contribution in [1.29, 1.82) is 0 Å². The Labute approximate surface area is 92.6 Å². The number of hydrogen-bond acceptors (Lipinski definition) is 3. The summed E-state index contributed by atoms with van der Waals surface area (Å²) < 4.78 is 41.3. The van der Waals surface area contributed by atoms with Gasteiger partial charge in [-0.1, -0.05) is 15.9 Å². The molecule has 1 aromatic rings. The molecular formula is C7H9BrF3N3O. The van der Waals surface area contributed by atoms with E-state index in [2.05, 4.69) is 30.9 Å². The van der Waals surface area contributed by atoms with Gasteiger partial charge >= 0.3 is 6.18 Å². The summed E-state index contributed by atoms with van der Waals surface area (Å²) in [5.41, 5.74) is 0. The predicted octanol–water partition coefficient (Wildman–Crippen LogP) is 1.79. The van der Waals surface area contributed by atoms with Crippen LogP contribution in [0.3, 0.4) is 0 Å². The first-order valence-corrected chi connectivity index (χ1v) is 5.14. The topological polar surface area (TPSA) is 39.9 Å². The number of nitrogens with zero attached hydrogens (tertiary/aromatic N) is 3. The molecule has 8 heteroatoms. The first-order valence-electron chi connectivity index (χ1n) is 4.01. The third-order valence-electron chi connectivity index (χ3n) is 1.67. The van der Waals surface area contributed by atoms with Crippen molar-refractivity contribution < 1.29 is 17.9 Å². The number of ether oxygens (including phenoxy) is 1. The van der Waals surface area contributed by atoms with E-state index < -0.39 is 12.8 Å². The lowest BCUT2D eigenvalue weighted by Crippen LogP contribution is -2.17. The van der Waals surface area contributed by atoms with Crippen molar-refractivity contribution in [3.8, 4) is 0 Å². The molecule has 0 spiro atoms. The van der Waals surface area contributed by atoms with E-state index in [0.717, 1.165) is 0 Å². The van der Waals surface area contributed by atoms with Crippen molar-refractivity contribution in [2.45, 2.75) is 18.1 Å². The molecule has 0 amide bonds. The minimum Gasteiger partial charge on any atom is -0.364 e. The molecule has 0 aliphatic carbocycles. The molecule has 1 aromatic heterocycles. The van der Waals surface area contributed by atoms with Gasteiger partial charge in [0.05, 0.1) is 5.33 Å². The van der Waals surface area contributed by atoms with Crippen molar-refractivity contribution in [3.63, 3.8) is 0 Å². The predicted molar refractivity (Wildman–Crippen MR) is 49.3 cm³/mol. The number of aromatic nitrogens is 3. The van der Waals surface area contributed by atoms with Crippen molar-refractivity contribution >= 4 is 15.9 Å². The zero-order valence-electron chi connectivity index (χ0n) is 7.88. The van der Waals surface area contributed by atoms with Crippen LogP contribution in [-0.4, -0.2) is 27.5 Å². The summed E-state index contributed by atoms with van der Waals surface area (Å²) >= 11 is 3.18. The maximum Gasteiger partial charge on any atom is 0.411 e. The Morgan fingerprint density at radius 2 is 1.93 bits per heavy atom. The monoisotopic (exact) mass is 287 g/mol. The summed E-state index contributed by atoms with van der Waals surface area (Å²) in [5.74, 6) is 1.01. The Morgan fingerprint density at radius 1 is 1.33 bits per heavy atom. The molecule has 0 aromatic carbocycles. The van der Waals surface area contributed by atoms with Crippen LogP contribution in [0, 0.1) is 0 Å². The van der Waals surface area contributed by atoms with Gasteiger partial charge in [-0.05, 0) is 0 Å². The van der Waals surface area contributed by atoms with Gasteiger partial charge in [-0.2, -0.15) is 13.2 Å². The van der Waals surface area contributed by atoms with Crippen LogP contribution in [0.1, 0.15) is 11.6 Å². The SMILES string of the molecule is Cn1c(CBr)nnc1COCC(F)(F)F. The van der Waals surface area contributed by atoms with Crippen LogP contribution < -0.4 is 0 Å². The van der Waals surface area contributed by atoms with Gasteiger partial charge in [-0.25, -0.2) is 0 Å². The largest absolute Gasteiger partial charge is 0.411 e. The second-order valence-corrected chi connectivity index (χ2v) is 3.39. The van der Waals surface area contributed by atoms with Gasteiger partial charge in [-0.15, -0.1) is 10.2 Å². The summed E-state index contributed by atoms with van der Waals surface area (Å²) in [6.07, 6.45) is -4.31. The minimum absolute atomic E-state index is 0.198. The highest BCUT2D eigenvalue weighted by molar-refractivity contribution is 9.08. The number of hydrogen-bond donors (Lipinski definition) is 0. The normalized spacial score (nSPS) is 12.1. The molecular weight excluding hydrogens is 279 g/mol. The van der Waals surface area contributed by atoms with Gasteiger partial charge in [0.15, 0.2) is 5.82 Å². The molecule has 0 N–H and O–H groups in total. The molecule has 0 radical (unpaired) electrons. The van der Waals surface area contributed by atoms with Crippen molar-refractivity contribution in [2.24, 2.45) is 7.05 Å². The minimum atomic E-state index is -4.31. The molecule has 86 valence electrons. The highest BCUT2D eigenvalue weighted by Crippen LogP contribution is 2.15. The Kier molecular flexibility index (Phi) is 4.09. The summed E-state index contributed by atoms with van der Waals surface area (Å²) in [5, 5.41) is 7.95. The zero-order valence-corrected chi connectivity index (χ0v) is 9.47. The Morgan fingerprint density at radius 3 is 2.40 bits per heavy atom. The lowest BCUT2D eigenvalue weighted by molar-refractivity contribution is -0.177. The lowest BCUT2D eigenvalue weighted by atomic mass is 10.6. The van der Waals surface area contributed by atoms with Crippen LogP contribution in [0.2, 0.25) is 0 Å². The van der Waals surface area contributed by atoms with Gasteiger partial charge in [0.1, 0.15) is 19.0 Å². The molecule has 0 aliphatic heterocycles. The number of rotatable bonds is 4. The summed E-state index contributed by atoms with van der Waals surface area (Å²) in [6.45, 7) is -1.47. The van der Waals surface area contributed by atoms with Gasteiger partial charge in [0.2, 0.25) is 0 Å². The van der Waals surface area contributed by atoms with E-state index >= 15 is 0 Å². The number of halogens is 4. The van der Waals surface area contributed by atoms with Crippen LogP contribution in [0.25, 0.3) is 0 Å². The molecule has 0 bridgehead atoms. The van der Waals surface area contributed by atoms with E-state index in [9.17, 15) is 13.2 Å². The molecule has 0 unspecified atom stereocenters. The van der Waals surface area contributed by atoms with Crippen molar-refractivity contribution in [2.75, 3.05) is 6.61 Å². The molecule has 0 aliphatic rings. The summed E-state index contributed by atoms with van der Waals surface area (Å²) in [6, 6.07) is 0. The molecule has 15 heavy (non-hydrogen) atoms. The van der Waals surface area contributed by atoms with Gasteiger partial charge in [0.25, 0.3) is 0 Å². The Hall–Kier alpha value is -0.630. The van der Waals surface area contributed by atoms with Crippen LogP contribution in [0.4, 0.5) is 13.2 Å². The fourth-order valence-electron chi connectivity index (χ4n) is 0.899. The smallest absolute Gasteiger partial charge is 0.364 e. The third-order valence-corrected chi connectivity index (χ3v) is 2.17. The summed E-state index contributed by atoms with van der Waals surface area (Å²) in [4.78, 5) is 0. The van der Waals surface area contributed by atoms with E-state index in [4.69, 9.17) is 0 Å². The van der Waals surface area contributed by atoms with Crippen LogP contribution in [0.15, 0.2) is 0 Å². The molecule has 0 saturated heterocycles. The Bertz CT molecular complexity index is 326. The maximum atomic E-state index is 11.8. The van der Waals surface area contributed by atoms with Crippen molar-refractivity contribution in [3.05, 3.63) is 11.6 Å². The highest BCUT2D eigenvalue weighted by Gasteiger charge is 2.27. The second-order valence-electron chi connectivity index (χ2n) is 2.83. The van der Waals surface area contributed by atoms with Crippen LogP contribution in [0.5, 0.6) is 0 Å². The van der Waals surface area contributed by atoms with Crippen LogP contribution in [-0.2, 0) is 23.7 Å². The first-order chi connectivity index (χ1) is 6.94. The average Bonchev–Trinajstić information content (AvgIpc) is 2.46. The Balaban J connectivity index is 2.48. The molecule has 0 fully saturated rings. The van der Waals surface area contributed by atoms with E-state index in [1.165, 1.54) is 0 Å².